The van der Waals surface area contributed by atoms with Crippen LogP contribution in [-0.4, -0.2) is 17.6 Å². The second kappa shape index (κ2) is 7.19. The molecule has 1 heterocycles. The van der Waals surface area contributed by atoms with Crippen LogP contribution in [0.15, 0.2) is 59.4 Å². The van der Waals surface area contributed by atoms with Crippen molar-refractivity contribution in [2.24, 2.45) is 0 Å². The fourth-order valence-electron chi connectivity index (χ4n) is 2.43. The van der Waals surface area contributed by atoms with E-state index >= 15 is 0 Å². The van der Waals surface area contributed by atoms with Crippen LogP contribution in [0.3, 0.4) is 0 Å². The highest BCUT2D eigenvalue weighted by Crippen LogP contribution is 2.14. The molecule has 0 spiro atoms. The minimum Gasteiger partial charge on any atom is -0.338 e. The first-order chi connectivity index (χ1) is 11.6. The van der Waals surface area contributed by atoms with Crippen molar-refractivity contribution in [3.63, 3.8) is 0 Å². The molecule has 3 aromatic rings. The number of carbonyl (C=O) groups excluding carboxylic acids is 1. The van der Waals surface area contributed by atoms with Gasteiger partial charge in [-0.05, 0) is 42.1 Å². The number of rotatable bonds is 4. The molecule has 122 valence electrons. The summed E-state index contributed by atoms with van der Waals surface area (Å²) in [7, 11) is 0. The first-order valence-electron chi connectivity index (χ1n) is 7.53. The van der Waals surface area contributed by atoms with E-state index in [-0.39, 0.29) is 11.6 Å². The number of pyridine rings is 1. The summed E-state index contributed by atoms with van der Waals surface area (Å²) in [6, 6.07) is 16.0. The van der Waals surface area contributed by atoms with Crippen LogP contribution in [0.25, 0.3) is 10.9 Å². The van der Waals surface area contributed by atoms with Gasteiger partial charge < -0.3 is 15.6 Å². The van der Waals surface area contributed by atoms with Crippen LogP contribution >= 0.6 is 11.6 Å². The Labute approximate surface area is 143 Å². The number of benzene rings is 2. The molecule has 0 aliphatic carbocycles. The molecule has 3 N–H and O–H groups in total. The number of hydrogen-bond donors (Lipinski definition) is 3. The molecule has 0 bridgehead atoms. The summed E-state index contributed by atoms with van der Waals surface area (Å²) < 4.78 is 0. The van der Waals surface area contributed by atoms with Crippen molar-refractivity contribution in [2.75, 3.05) is 11.9 Å². The number of hydrogen-bond acceptors (Lipinski definition) is 2. The maximum atomic E-state index is 12.0. The quantitative estimate of drug-likeness (QED) is 0.679. The summed E-state index contributed by atoms with van der Waals surface area (Å²) in [5.74, 6) is 0. The number of urea groups is 1. The Bertz CT molecular complexity index is 937. The Morgan fingerprint density at radius 2 is 1.92 bits per heavy atom. The minimum atomic E-state index is -0.338. The second-order valence-electron chi connectivity index (χ2n) is 5.35. The van der Waals surface area contributed by atoms with Crippen molar-refractivity contribution in [2.45, 2.75) is 6.42 Å². The van der Waals surface area contributed by atoms with Crippen LogP contribution in [-0.2, 0) is 6.42 Å². The molecule has 0 unspecified atom stereocenters. The third kappa shape index (κ3) is 3.94. The summed E-state index contributed by atoms with van der Waals surface area (Å²) >= 11 is 5.87. The Hall–Kier alpha value is -2.79. The summed E-state index contributed by atoms with van der Waals surface area (Å²) in [4.78, 5) is 26.7. The largest absolute Gasteiger partial charge is 0.338 e. The van der Waals surface area contributed by atoms with E-state index in [4.69, 9.17) is 11.6 Å². The number of para-hydroxylation sites is 1. The number of nitrogens with one attached hydrogen (secondary N) is 3. The fraction of sp³-hybridized carbons (Fsp3) is 0.111. The molecule has 6 heteroatoms. The molecule has 3 rings (SSSR count). The van der Waals surface area contributed by atoms with Gasteiger partial charge in [0.15, 0.2) is 0 Å². The monoisotopic (exact) mass is 341 g/mol. The standard InChI is InChI=1S/C18H16ClN3O2/c19-14-5-3-6-15(11-14)21-18(24)20-9-8-13-10-12-4-1-2-7-16(12)22-17(13)23/h1-7,10-11H,8-9H2,(H,22,23)(H2,20,21,24). The van der Waals surface area contributed by atoms with Crippen LogP contribution in [0.5, 0.6) is 0 Å². The maximum Gasteiger partial charge on any atom is 0.319 e. The molecule has 0 atom stereocenters. The normalized spacial score (nSPS) is 10.5. The zero-order valence-electron chi connectivity index (χ0n) is 12.8. The molecule has 5 nitrogen and oxygen atoms in total. The number of anilines is 1. The zero-order chi connectivity index (χ0) is 16.9. The van der Waals surface area contributed by atoms with Gasteiger partial charge in [0.05, 0.1) is 0 Å². The van der Waals surface area contributed by atoms with Gasteiger partial charge in [-0.3, -0.25) is 4.79 Å². The molecule has 0 aliphatic heterocycles. The highest BCUT2D eigenvalue weighted by atomic mass is 35.5. The zero-order valence-corrected chi connectivity index (χ0v) is 13.6. The highest BCUT2D eigenvalue weighted by molar-refractivity contribution is 6.30. The molecule has 0 radical (unpaired) electrons. The van der Waals surface area contributed by atoms with Crippen molar-refractivity contribution < 1.29 is 4.79 Å². The van der Waals surface area contributed by atoms with Gasteiger partial charge in [-0.1, -0.05) is 35.9 Å². The average Bonchev–Trinajstić information content (AvgIpc) is 2.55. The molecule has 24 heavy (non-hydrogen) atoms. The second-order valence-corrected chi connectivity index (χ2v) is 5.79. The third-order valence-corrected chi connectivity index (χ3v) is 3.83. The summed E-state index contributed by atoms with van der Waals surface area (Å²) in [5, 5.41) is 6.94. The van der Waals surface area contributed by atoms with Crippen LogP contribution in [0.2, 0.25) is 5.02 Å². The van der Waals surface area contributed by atoms with E-state index in [1.165, 1.54) is 0 Å². The van der Waals surface area contributed by atoms with Crippen molar-refractivity contribution in [1.29, 1.82) is 0 Å². The van der Waals surface area contributed by atoms with E-state index in [0.29, 0.717) is 29.2 Å². The lowest BCUT2D eigenvalue weighted by molar-refractivity contribution is 0.252. The lowest BCUT2D eigenvalue weighted by Gasteiger charge is -2.08. The molecular weight excluding hydrogens is 326 g/mol. The number of aromatic amines is 1. The molecule has 1 aromatic heterocycles. The summed E-state index contributed by atoms with van der Waals surface area (Å²) in [6.07, 6.45) is 0.448. The maximum absolute atomic E-state index is 12.0. The SMILES string of the molecule is O=C(NCCc1cc2ccccc2[nH]c1=O)Nc1cccc(Cl)c1. The Balaban J connectivity index is 1.59. The van der Waals surface area contributed by atoms with E-state index in [1.807, 2.05) is 30.3 Å². The molecule has 2 aromatic carbocycles. The Kier molecular flexibility index (Phi) is 4.82. The van der Waals surface area contributed by atoms with Crippen molar-refractivity contribution in [3.05, 3.63) is 75.5 Å². The van der Waals surface area contributed by atoms with E-state index in [2.05, 4.69) is 15.6 Å². The van der Waals surface area contributed by atoms with Gasteiger partial charge in [-0.2, -0.15) is 0 Å². The molecule has 0 saturated carbocycles. The van der Waals surface area contributed by atoms with Gasteiger partial charge >= 0.3 is 6.03 Å². The van der Waals surface area contributed by atoms with Gasteiger partial charge in [-0.15, -0.1) is 0 Å². The van der Waals surface area contributed by atoms with Crippen LogP contribution in [0, 0.1) is 0 Å². The number of amides is 2. The highest BCUT2D eigenvalue weighted by Gasteiger charge is 2.05. The predicted molar refractivity (Wildman–Crippen MR) is 96.7 cm³/mol. The van der Waals surface area contributed by atoms with E-state index < -0.39 is 0 Å². The Morgan fingerprint density at radius 1 is 1.08 bits per heavy atom. The predicted octanol–water partition coefficient (Wildman–Crippen LogP) is 3.55. The van der Waals surface area contributed by atoms with Gasteiger partial charge in [0.2, 0.25) is 0 Å². The Morgan fingerprint density at radius 3 is 2.75 bits per heavy atom. The number of carbonyl (C=O) groups is 1. The topological polar surface area (TPSA) is 74.0 Å². The van der Waals surface area contributed by atoms with E-state index in [1.54, 1.807) is 24.3 Å². The molecule has 2 amide bonds. The lowest BCUT2D eigenvalue weighted by atomic mass is 10.1. The average molecular weight is 342 g/mol. The molecule has 0 saturated heterocycles. The lowest BCUT2D eigenvalue weighted by Crippen LogP contribution is -2.31. The van der Waals surface area contributed by atoms with Gasteiger partial charge in [0.25, 0.3) is 5.56 Å². The third-order valence-electron chi connectivity index (χ3n) is 3.59. The molecule has 0 fully saturated rings. The van der Waals surface area contributed by atoms with Crippen LogP contribution in [0.1, 0.15) is 5.56 Å². The van der Waals surface area contributed by atoms with Crippen LogP contribution < -0.4 is 16.2 Å². The number of fused-ring (bicyclic) bond motifs is 1. The van der Waals surface area contributed by atoms with Gasteiger partial charge in [0.1, 0.15) is 0 Å². The van der Waals surface area contributed by atoms with E-state index in [9.17, 15) is 9.59 Å². The van der Waals surface area contributed by atoms with Crippen molar-refractivity contribution in [1.82, 2.24) is 10.3 Å². The first kappa shape index (κ1) is 16.1. The summed E-state index contributed by atoms with van der Waals surface area (Å²) in [5.41, 5.74) is 1.92. The fourth-order valence-corrected chi connectivity index (χ4v) is 2.62. The summed E-state index contributed by atoms with van der Waals surface area (Å²) in [6.45, 7) is 0.355. The number of aromatic nitrogens is 1. The minimum absolute atomic E-state index is 0.134. The number of H-pyrrole nitrogens is 1. The van der Waals surface area contributed by atoms with Crippen molar-refractivity contribution >= 4 is 34.2 Å². The molecular formula is C18H16ClN3O2. The number of halogens is 1. The van der Waals surface area contributed by atoms with E-state index in [0.717, 1.165) is 10.9 Å². The first-order valence-corrected chi connectivity index (χ1v) is 7.91. The van der Waals surface area contributed by atoms with Crippen molar-refractivity contribution in [3.8, 4) is 0 Å². The molecule has 0 aliphatic rings. The van der Waals surface area contributed by atoms with Crippen LogP contribution in [0.4, 0.5) is 10.5 Å². The van der Waals surface area contributed by atoms with Gasteiger partial charge in [0, 0.05) is 28.3 Å². The van der Waals surface area contributed by atoms with Gasteiger partial charge in [-0.25, -0.2) is 4.79 Å². The smallest absolute Gasteiger partial charge is 0.319 e.